The summed E-state index contributed by atoms with van der Waals surface area (Å²) in [5.41, 5.74) is 17.5. The molecule has 0 spiro atoms. The molecule has 3 heterocycles. The Morgan fingerprint density at radius 3 is 1.31 bits per heavy atom. The molecule has 10 aromatic carbocycles. The third kappa shape index (κ3) is 7.53. The van der Waals surface area contributed by atoms with Crippen LogP contribution in [-0.2, 0) is 0 Å². The van der Waals surface area contributed by atoms with Crippen LogP contribution >= 0.6 is 0 Å². The minimum Gasteiger partial charge on any atom is -0.309 e. The fourth-order valence-corrected chi connectivity index (χ4v) is 11.1. The first-order valence-corrected chi connectivity index (χ1v) is 25.4. The quantitative estimate of drug-likeness (QED) is 0.145. The molecule has 13 aromatic rings. The van der Waals surface area contributed by atoms with Gasteiger partial charge in [-0.1, -0.05) is 218 Å². The van der Waals surface area contributed by atoms with Crippen LogP contribution in [0.25, 0.3) is 122 Å². The Balaban J connectivity index is 1.10. The molecule has 0 saturated carbocycles. The monoisotopic (exact) mass is 945 g/mol. The number of para-hydroxylation sites is 3. The van der Waals surface area contributed by atoms with Gasteiger partial charge in [0.15, 0.2) is 11.6 Å². The normalized spacial score (nSPS) is 13.4. The van der Waals surface area contributed by atoms with Gasteiger partial charge in [0.05, 0.1) is 27.8 Å². The molecule has 3 aromatic heterocycles. The molecule has 0 aliphatic heterocycles. The van der Waals surface area contributed by atoms with Crippen molar-refractivity contribution in [3.63, 3.8) is 0 Å². The minimum absolute atomic E-state index is 0.0133. The van der Waals surface area contributed by atoms with Crippen molar-refractivity contribution in [2.24, 2.45) is 0 Å². The summed E-state index contributed by atoms with van der Waals surface area (Å²) in [5, 5.41) is 4.81. The second-order valence-corrected chi connectivity index (χ2v) is 19.1. The molecule has 0 bridgehead atoms. The smallest absolute Gasteiger partial charge is 0.163 e. The van der Waals surface area contributed by atoms with E-state index >= 15 is 0 Å². The van der Waals surface area contributed by atoms with Gasteiger partial charge in [0.25, 0.3) is 0 Å². The molecule has 0 fully saturated rings. The fourth-order valence-electron chi connectivity index (χ4n) is 11.1. The Labute approximate surface area is 429 Å². The zero-order chi connectivity index (χ0) is 49.0. The Morgan fingerprint density at radius 1 is 0.324 bits per heavy atom. The zero-order valence-electron chi connectivity index (χ0n) is 40.4. The zero-order valence-corrected chi connectivity index (χ0v) is 40.4. The molecular formula is C69H47N5. The number of aromatic nitrogens is 5. The van der Waals surface area contributed by atoms with E-state index in [9.17, 15) is 0 Å². The Kier molecular flexibility index (Phi) is 10.6. The number of rotatable bonds is 9. The van der Waals surface area contributed by atoms with Gasteiger partial charge < -0.3 is 9.13 Å². The third-order valence-electron chi connectivity index (χ3n) is 14.7. The number of fused-ring (bicyclic) bond motifs is 6. The van der Waals surface area contributed by atoms with Gasteiger partial charge in [-0.15, -0.1) is 0 Å². The molecule has 0 N–H and O–H groups in total. The van der Waals surface area contributed by atoms with Crippen LogP contribution in [0.1, 0.15) is 18.2 Å². The largest absolute Gasteiger partial charge is 0.309 e. The van der Waals surface area contributed by atoms with E-state index < -0.39 is 0 Å². The molecule has 0 saturated heterocycles. The lowest BCUT2D eigenvalue weighted by Crippen LogP contribution is -2.08. The van der Waals surface area contributed by atoms with E-state index in [0.29, 0.717) is 11.6 Å². The molecule has 1 aliphatic rings. The highest BCUT2D eigenvalue weighted by Gasteiger charge is 2.26. The molecule has 74 heavy (non-hydrogen) atoms. The minimum atomic E-state index is 0.0133. The van der Waals surface area contributed by atoms with E-state index in [1.807, 2.05) is 18.2 Å². The maximum Gasteiger partial charge on any atom is 0.163 e. The van der Waals surface area contributed by atoms with Gasteiger partial charge in [-0.3, -0.25) is 0 Å². The molecule has 1 aliphatic carbocycles. The first-order chi connectivity index (χ1) is 36.7. The van der Waals surface area contributed by atoms with Crippen molar-refractivity contribution < 1.29 is 0 Å². The highest BCUT2D eigenvalue weighted by atomic mass is 15.0. The van der Waals surface area contributed by atoms with Gasteiger partial charge in [-0.05, 0) is 88.3 Å². The number of benzene rings is 10. The molecule has 0 amide bonds. The molecule has 1 atom stereocenters. The van der Waals surface area contributed by atoms with Crippen LogP contribution in [0.4, 0.5) is 0 Å². The summed E-state index contributed by atoms with van der Waals surface area (Å²) in [6, 6.07) is 87.5. The van der Waals surface area contributed by atoms with Crippen molar-refractivity contribution in [3.8, 4) is 78.7 Å². The van der Waals surface area contributed by atoms with Gasteiger partial charge >= 0.3 is 0 Å². The van der Waals surface area contributed by atoms with Crippen molar-refractivity contribution >= 4 is 43.6 Å². The summed E-state index contributed by atoms with van der Waals surface area (Å²) in [6.07, 6.45) is 9.41. The summed E-state index contributed by atoms with van der Waals surface area (Å²) >= 11 is 0. The first-order valence-electron chi connectivity index (χ1n) is 25.4. The maximum atomic E-state index is 5.40. The predicted molar refractivity (Wildman–Crippen MR) is 307 cm³/mol. The molecular weight excluding hydrogens is 899 g/mol. The van der Waals surface area contributed by atoms with E-state index in [-0.39, 0.29) is 5.92 Å². The Morgan fingerprint density at radius 2 is 0.770 bits per heavy atom. The van der Waals surface area contributed by atoms with Gasteiger partial charge in [0, 0.05) is 55.4 Å². The van der Waals surface area contributed by atoms with Crippen molar-refractivity contribution in [1.82, 2.24) is 24.1 Å². The van der Waals surface area contributed by atoms with E-state index in [0.717, 1.165) is 84.7 Å². The average Bonchev–Trinajstić information content (AvgIpc) is 3.99. The number of allylic oxidation sites excluding steroid dienone is 4. The third-order valence-corrected chi connectivity index (χ3v) is 14.7. The summed E-state index contributed by atoms with van der Waals surface area (Å²) < 4.78 is 4.94. The summed E-state index contributed by atoms with van der Waals surface area (Å²) in [4.78, 5) is 15.9. The van der Waals surface area contributed by atoms with Crippen molar-refractivity contribution in [1.29, 1.82) is 0 Å². The van der Waals surface area contributed by atoms with Gasteiger partial charge in [-0.25, -0.2) is 15.0 Å². The van der Waals surface area contributed by atoms with E-state index in [4.69, 9.17) is 15.0 Å². The fraction of sp³-hybridized carbons (Fsp3) is 0.0290. The molecule has 14 rings (SSSR count). The van der Waals surface area contributed by atoms with E-state index in [1.165, 1.54) is 38.2 Å². The molecule has 348 valence electrons. The van der Waals surface area contributed by atoms with Crippen LogP contribution in [0.2, 0.25) is 0 Å². The predicted octanol–water partition coefficient (Wildman–Crippen LogP) is 17.7. The number of nitrogens with zero attached hydrogens (tertiary/aromatic N) is 5. The van der Waals surface area contributed by atoms with Crippen molar-refractivity contribution in [2.75, 3.05) is 0 Å². The Bertz CT molecular complexity index is 4180. The van der Waals surface area contributed by atoms with Crippen LogP contribution in [0.3, 0.4) is 0 Å². The van der Waals surface area contributed by atoms with Crippen LogP contribution in [0.15, 0.2) is 267 Å². The van der Waals surface area contributed by atoms with Crippen LogP contribution in [0.5, 0.6) is 0 Å². The average molecular weight is 946 g/mol. The van der Waals surface area contributed by atoms with Crippen LogP contribution < -0.4 is 0 Å². The second kappa shape index (κ2) is 18.2. The second-order valence-electron chi connectivity index (χ2n) is 19.1. The Hall–Kier alpha value is -9.71. The van der Waals surface area contributed by atoms with E-state index in [1.54, 1.807) is 0 Å². The van der Waals surface area contributed by atoms with Crippen LogP contribution in [-0.4, -0.2) is 24.1 Å². The topological polar surface area (TPSA) is 48.5 Å². The van der Waals surface area contributed by atoms with Gasteiger partial charge in [0.1, 0.15) is 5.82 Å². The van der Waals surface area contributed by atoms with Crippen molar-refractivity contribution in [3.05, 3.63) is 273 Å². The lowest BCUT2D eigenvalue weighted by Gasteiger charge is -2.22. The van der Waals surface area contributed by atoms with E-state index in [2.05, 4.69) is 258 Å². The first kappa shape index (κ1) is 43.1. The lowest BCUT2D eigenvalue weighted by molar-refractivity contribution is 0.764. The molecule has 5 nitrogen and oxygen atoms in total. The molecule has 1 unspecified atom stereocenters. The number of hydrogen-bond donors (Lipinski definition) is 0. The SMILES string of the molecule is C1=CCC(c2nc(-c3ccccc3)nc(-c3cc(-c4ccc(-c5ccccc5)cc4)c(-n4c5ccccc5c5cc6c7ccccc7n(-c7ccccc7)c6cc54)c(-c4ccc(-c5ccccc5)cc4)c3)n2)C=C1. The standard InChI is InChI=1S/C69H47N5/c1-6-20-46(21-7-1)48-34-38-50(39-35-48)58-42-54(69-71-67(52-24-10-3-11-25-52)70-68(72-69)53-26-12-4-13-27-53)43-59(51-40-36-49(37-41-51)47-22-8-2-9-23-47)66(58)74-63-33-19-17-31-57(63)61-44-60-56-30-16-18-32-62(56)73(64(60)45-65(61)74)55-28-14-5-15-29-55/h1-26,28-45,53H,27H2. The lowest BCUT2D eigenvalue weighted by atomic mass is 9.91. The summed E-state index contributed by atoms with van der Waals surface area (Å²) in [5.74, 6) is 2.05. The highest BCUT2D eigenvalue weighted by molar-refractivity contribution is 6.19. The molecule has 0 radical (unpaired) electrons. The van der Waals surface area contributed by atoms with Gasteiger partial charge in [-0.2, -0.15) is 0 Å². The summed E-state index contributed by atoms with van der Waals surface area (Å²) in [7, 11) is 0. The molecule has 5 heteroatoms. The highest BCUT2D eigenvalue weighted by Crippen LogP contribution is 2.46. The van der Waals surface area contributed by atoms with Crippen molar-refractivity contribution in [2.45, 2.75) is 12.3 Å². The van der Waals surface area contributed by atoms with Gasteiger partial charge in [0.2, 0.25) is 0 Å². The van der Waals surface area contributed by atoms with Crippen LogP contribution in [0, 0.1) is 0 Å². The maximum absolute atomic E-state index is 5.40. The number of hydrogen-bond acceptors (Lipinski definition) is 3. The summed E-state index contributed by atoms with van der Waals surface area (Å²) in [6.45, 7) is 0.